The monoisotopic (exact) mass is 309 g/mol. The van der Waals surface area contributed by atoms with Crippen molar-refractivity contribution < 1.29 is 0 Å². The molecule has 0 spiro atoms. The van der Waals surface area contributed by atoms with Crippen LogP contribution in [-0.2, 0) is 6.42 Å². The second kappa shape index (κ2) is 6.93. The molecule has 120 valence electrons. The Kier molecular flexibility index (Phi) is 4.73. The fourth-order valence-electron chi connectivity index (χ4n) is 3.35. The number of hydrogen-bond acceptors (Lipinski definition) is 5. The minimum atomic E-state index is 0.415. The lowest BCUT2D eigenvalue weighted by atomic mass is 9.90. The molecule has 23 heavy (non-hydrogen) atoms. The van der Waals surface area contributed by atoms with Crippen molar-refractivity contribution in [2.24, 2.45) is 0 Å². The molecule has 1 aromatic carbocycles. The molecule has 1 aliphatic carbocycles. The Morgan fingerprint density at radius 3 is 2.70 bits per heavy atom. The highest BCUT2D eigenvalue weighted by atomic mass is 15.1. The van der Waals surface area contributed by atoms with Gasteiger partial charge in [0, 0.05) is 17.5 Å². The summed E-state index contributed by atoms with van der Waals surface area (Å²) >= 11 is 0. The van der Waals surface area contributed by atoms with Gasteiger partial charge in [-0.3, -0.25) is 0 Å². The molecule has 2 aromatic rings. The first-order valence-electron chi connectivity index (χ1n) is 8.21. The van der Waals surface area contributed by atoms with Crippen molar-refractivity contribution in [3.8, 4) is 6.07 Å². The van der Waals surface area contributed by atoms with Crippen LogP contribution < -0.4 is 5.32 Å². The zero-order valence-corrected chi connectivity index (χ0v) is 13.8. The van der Waals surface area contributed by atoms with Gasteiger partial charge in [-0.2, -0.15) is 5.26 Å². The highest BCUT2D eigenvalue weighted by Crippen LogP contribution is 2.27. The van der Waals surface area contributed by atoms with E-state index >= 15 is 0 Å². The van der Waals surface area contributed by atoms with Crippen LogP contribution in [0.5, 0.6) is 0 Å². The molecule has 1 aliphatic rings. The number of hydrogen-bond donors (Lipinski definition) is 1. The summed E-state index contributed by atoms with van der Waals surface area (Å²) in [6, 6.07) is 9.32. The summed E-state index contributed by atoms with van der Waals surface area (Å²) in [5.41, 5.74) is 1.93. The molecular weight excluding hydrogens is 286 g/mol. The van der Waals surface area contributed by atoms with E-state index in [2.05, 4.69) is 40.3 Å². The standard InChI is InChI=1S/C18H23N5/c1-23(2)15-6-4-14(5-7-15)22-18-16-11-13(9-10-19)3-8-17(16)20-12-21-18/h3,8,11-12,14-15H,4-7,9H2,1-2H3,(H,20,21,22)/t14-,15-. The number of nitrogens with one attached hydrogen (secondary N) is 1. The molecule has 0 amide bonds. The Labute approximate surface area is 137 Å². The van der Waals surface area contributed by atoms with Gasteiger partial charge < -0.3 is 10.2 Å². The molecule has 0 atom stereocenters. The normalized spacial score (nSPS) is 21.3. The second-order valence-corrected chi connectivity index (χ2v) is 6.52. The fraction of sp³-hybridized carbons (Fsp3) is 0.500. The highest BCUT2D eigenvalue weighted by molar-refractivity contribution is 5.89. The number of nitriles is 1. The van der Waals surface area contributed by atoms with E-state index < -0.39 is 0 Å². The Morgan fingerprint density at radius 2 is 2.00 bits per heavy atom. The van der Waals surface area contributed by atoms with Gasteiger partial charge in [0.15, 0.2) is 0 Å². The maximum absolute atomic E-state index is 8.89. The Hall–Kier alpha value is -2.19. The van der Waals surface area contributed by atoms with Crippen LogP contribution in [0, 0.1) is 11.3 Å². The van der Waals surface area contributed by atoms with Crippen LogP contribution in [0.15, 0.2) is 24.5 Å². The lowest BCUT2D eigenvalue weighted by molar-refractivity contribution is 0.221. The summed E-state index contributed by atoms with van der Waals surface area (Å²) in [4.78, 5) is 11.1. The van der Waals surface area contributed by atoms with Crippen LogP contribution in [-0.4, -0.2) is 41.0 Å². The van der Waals surface area contributed by atoms with Crippen LogP contribution in [0.1, 0.15) is 31.2 Å². The smallest absolute Gasteiger partial charge is 0.137 e. The topological polar surface area (TPSA) is 64.8 Å². The van der Waals surface area contributed by atoms with Crippen molar-refractivity contribution >= 4 is 16.7 Å². The Morgan fingerprint density at radius 1 is 1.22 bits per heavy atom. The molecule has 1 N–H and O–H groups in total. The number of benzene rings is 1. The summed E-state index contributed by atoms with van der Waals surface area (Å²) < 4.78 is 0. The molecular formula is C18H23N5. The largest absolute Gasteiger partial charge is 0.367 e. The van der Waals surface area contributed by atoms with Crippen LogP contribution in [0.2, 0.25) is 0 Å². The van der Waals surface area contributed by atoms with Crippen molar-refractivity contribution in [2.75, 3.05) is 19.4 Å². The van der Waals surface area contributed by atoms with Crippen LogP contribution in [0.3, 0.4) is 0 Å². The quantitative estimate of drug-likeness (QED) is 0.940. The third-order valence-corrected chi connectivity index (χ3v) is 4.75. The predicted octanol–water partition coefficient (Wildman–Crippen LogP) is 2.98. The Balaban J connectivity index is 1.78. The lowest BCUT2D eigenvalue weighted by Gasteiger charge is -2.33. The van der Waals surface area contributed by atoms with Crippen LogP contribution in [0.4, 0.5) is 5.82 Å². The first-order chi connectivity index (χ1) is 11.2. The summed E-state index contributed by atoms with van der Waals surface area (Å²) in [6.45, 7) is 0. The van der Waals surface area contributed by atoms with E-state index in [1.807, 2.05) is 18.2 Å². The molecule has 1 heterocycles. The van der Waals surface area contributed by atoms with E-state index in [1.165, 1.54) is 12.8 Å². The van der Waals surface area contributed by atoms with Crippen LogP contribution in [0.25, 0.3) is 10.9 Å². The molecule has 1 saturated carbocycles. The van der Waals surface area contributed by atoms with E-state index in [9.17, 15) is 0 Å². The molecule has 3 rings (SSSR count). The van der Waals surface area contributed by atoms with Gasteiger partial charge in [-0.05, 0) is 57.5 Å². The molecule has 0 aliphatic heterocycles. The van der Waals surface area contributed by atoms with Gasteiger partial charge >= 0.3 is 0 Å². The van der Waals surface area contributed by atoms with Gasteiger partial charge in [0.2, 0.25) is 0 Å². The van der Waals surface area contributed by atoms with Gasteiger partial charge in [-0.1, -0.05) is 6.07 Å². The molecule has 1 fully saturated rings. The van der Waals surface area contributed by atoms with E-state index in [0.717, 1.165) is 35.1 Å². The number of nitrogens with zero attached hydrogens (tertiary/aromatic N) is 4. The van der Waals surface area contributed by atoms with Gasteiger partial charge in [0.25, 0.3) is 0 Å². The second-order valence-electron chi connectivity index (χ2n) is 6.52. The number of fused-ring (bicyclic) bond motifs is 1. The summed E-state index contributed by atoms with van der Waals surface area (Å²) in [5.74, 6) is 0.892. The first kappa shape index (κ1) is 15.7. The zero-order chi connectivity index (χ0) is 16.2. The van der Waals surface area contributed by atoms with Crippen molar-refractivity contribution in [1.82, 2.24) is 14.9 Å². The number of anilines is 1. The minimum absolute atomic E-state index is 0.415. The third kappa shape index (κ3) is 3.59. The summed E-state index contributed by atoms with van der Waals surface area (Å²) in [7, 11) is 4.32. The van der Waals surface area contributed by atoms with Gasteiger partial charge in [-0.15, -0.1) is 0 Å². The zero-order valence-electron chi connectivity index (χ0n) is 13.8. The lowest BCUT2D eigenvalue weighted by Crippen LogP contribution is -2.36. The van der Waals surface area contributed by atoms with Gasteiger partial charge in [0.05, 0.1) is 18.0 Å². The summed E-state index contributed by atoms with van der Waals surface area (Å²) in [5, 5.41) is 13.5. The van der Waals surface area contributed by atoms with E-state index in [0.29, 0.717) is 18.5 Å². The predicted molar refractivity (Wildman–Crippen MR) is 92.2 cm³/mol. The maximum atomic E-state index is 8.89. The average molecular weight is 309 g/mol. The molecule has 0 bridgehead atoms. The third-order valence-electron chi connectivity index (χ3n) is 4.75. The van der Waals surface area contributed by atoms with E-state index in [4.69, 9.17) is 5.26 Å². The van der Waals surface area contributed by atoms with Gasteiger partial charge in [0.1, 0.15) is 12.1 Å². The average Bonchev–Trinajstić information content (AvgIpc) is 2.56. The number of rotatable bonds is 4. The van der Waals surface area contributed by atoms with Gasteiger partial charge in [-0.25, -0.2) is 9.97 Å². The molecule has 0 saturated heterocycles. The molecule has 5 heteroatoms. The minimum Gasteiger partial charge on any atom is -0.367 e. The SMILES string of the molecule is CN(C)[C@H]1CC[C@H](Nc2ncnc3ccc(CC#N)cc23)CC1. The van der Waals surface area contributed by atoms with Crippen molar-refractivity contribution in [3.05, 3.63) is 30.1 Å². The first-order valence-corrected chi connectivity index (χ1v) is 8.21. The molecule has 0 radical (unpaired) electrons. The highest BCUT2D eigenvalue weighted by Gasteiger charge is 2.23. The number of aromatic nitrogens is 2. The van der Waals surface area contributed by atoms with E-state index in [1.54, 1.807) is 6.33 Å². The van der Waals surface area contributed by atoms with E-state index in [-0.39, 0.29) is 0 Å². The Bertz CT molecular complexity index is 711. The molecule has 1 aromatic heterocycles. The molecule has 0 unspecified atom stereocenters. The van der Waals surface area contributed by atoms with Crippen molar-refractivity contribution in [1.29, 1.82) is 5.26 Å². The van der Waals surface area contributed by atoms with Crippen molar-refractivity contribution in [2.45, 2.75) is 44.2 Å². The molecule has 5 nitrogen and oxygen atoms in total. The summed E-state index contributed by atoms with van der Waals surface area (Å²) in [6.07, 6.45) is 6.78. The fourth-order valence-corrected chi connectivity index (χ4v) is 3.35. The maximum Gasteiger partial charge on any atom is 0.137 e. The van der Waals surface area contributed by atoms with Crippen molar-refractivity contribution in [3.63, 3.8) is 0 Å². The van der Waals surface area contributed by atoms with Crippen LogP contribution >= 0.6 is 0 Å².